The monoisotopic (exact) mass is 438 g/mol. The summed E-state index contributed by atoms with van der Waals surface area (Å²) in [6, 6.07) is 10.2. The number of carbonyl (C=O) groups is 2. The van der Waals surface area contributed by atoms with Crippen LogP contribution in [0.5, 0.6) is 5.75 Å². The molecule has 0 atom stereocenters. The molecule has 12 heteroatoms. The van der Waals surface area contributed by atoms with Crippen LogP contribution >= 0.6 is 11.3 Å². The predicted molar refractivity (Wildman–Crippen MR) is 114 cm³/mol. The molecule has 0 fully saturated rings. The zero-order valence-corrected chi connectivity index (χ0v) is 16.4. The number of nitro benzene ring substituents is 1. The molecule has 2 aromatic carbocycles. The summed E-state index contributed by atoms with van der Waals surface area (Å²) in [5, 5.41) is 23.3. The van der Waals surface area contributed by atoms with E-state index in [2.05, 4.69) is 20.8 Å². The lowest BCUT2D eigenvalue weighted by atomic mass is 10.1. The number of non-ortho nitro benzene ring substituents is 1. The minimum atomic E-state index is -0.760. The van der Waals surface area contributed by atoms with Gasteiger partial charge in [-0.3, -0.25) is 30.6 Å². The van der Waals surface area contributed by atoms with Gasteiger partial charge in [0.15, 0.2) is 0 Å². The lowest BCUT2D eigenvalue weighted by Crippen LogP contribution is -2.29. The molecule has 0 spiro atoms. The number of nitrogens with two attached hydrogens (primary N) is 1. The van der Waals surface area contributed by atoms with E-state index in [1.807, 2.05) is 0 Å². The largest absolute Gasteiger partial charge is 0.507 e. The zero-order chi connectivity index (χ0) is 22.1. The Morgan fingerprint density at radius 3 is 2.74 bits per heavy atom. The lowest BCUT2D eigenvalue weighted by molar-refractivity contribution is -0.384. The number of aromatic hydroxyl groups is 1. The number of hydrogen-bond acceptors (Lipinski definition) is 8. The molecule has 11 nitrogen and oxygen atoms in total. The summed E-state index contributed by atoms with van der Waals surface area (Å²) < 4.78 is 0. The van der Waals surface area contributed by atoms with Crippen molar-refractivity contribution in [3.05, 3.63) is 69.2 Å². The number of thiazole rings is 1. The summed E-state index contributed by atoms with van der Waals surface area (Å²) >= 11 is 1.21. The van der Waals surface area contributed by atoms with E-state index in [1.165, 1.54) is 35.6 Å². The summed E-state index contributed by atoms with van der Waals surface area (Å²) in [7, 11) is 0. The van der Waals surface area contributed by atoms with Crippen molar-refractivity contribution < 1.29 is 19.6 Å². The van der Waals surface area contributed by atoms with Gasteiger partial charge in [-0.25, -0.2) is 4.98 Å². The van der Waals surface area contributed by atoms with Crippen LogP contribution in [-0.4, -0.2) is 31.8 Å². The molecule has 4 rings (SSSR count). The Morgan fingerprint density at radius 2 is 2.00 bits per heavy atom. The van der Waals surface area contributed by atoms with Gasteiger partial charge in [0.2, 0.25) is 5.13 Å². The van der Waals surface area contributed by atoms with Gasteiger partial charge in [0.1, 0.15) is 11.4 Å². The second-order valence-corrected chi connectivity index (χ2v) is 7.28. The third-order valence-corrected chi connectivity index (χ3v) is 5.16. The number of fused-ring (bicyclic) bond motifs is 1. The van der Waals surface area contributed by atoms with E-state index in [1.54, 1.807) is 23.6 Å². The van der Waals surface area contributed by atoms with E-state index in [0.29, 0.717) is 27.3 Å². The van der Waals surface area contributed by atoms with E-state index in [0.717, 1.165) is 0 Å². The molecular weight excluding hydrogens is 424 g/mol. The molecule has 0 aliphatic carbocycles. The molecule has 156 valence electrons. The predicted octanol–water partition coefficient (Wildman–Crippen LogP) is 2.76. The Morgan fingerprint density at radius 1 is 1.19 bits per heavy atom. The zero-order valence-electron chi connectivity index (χ0n) is 15.6. The Hall–Kier alpha value is -4.45. The van der Waals surface area contributed by atoms with Gasteiger partial charge >= 0.3 is 0 Å². The Kier molecular flexibility index (Phi) is 4.97. The van der Waals surface area contributed by atoms with Crippen molar-refractivity contribution in [1.82, 2.24) is 15.4 Å². The van der Waals surface area contributed by atoms with E-state index >= 15 is 0 Å². The molecule has 0 aliphatic rings. The summed E-state index contributed by atoms with van der Waals surface area (Å²) in [6.07, 6.45) is 0. The smallest absolute Gasteiger partial charge is 0.286 e. The van der Waals surface area contributed by atoms with Gasteiger partial charge in [-0.15, -0.1) is 11.3 Å². The van der Waals surface area contributed by atoms with E-state index in [-0.39, 0.29) is 22.7 Å². The number of rotatable bonds is 6. The number of amides is 2. The molecule has 6 N–H and O–H groups in total. The highest BCUT2D eigenvalue weighted by Gasteiger charge is 2.14. The molecular formula is C19H14N6O5S. The standard InChI is InChI=1S/C19H14N6O5S/c20-17(27)12-5-9(2-4-16(12)26)15-8-31-19(22-15)24-23-18(28)14-6-10-1-3-11(25(29)30)7-13(10)21-14/h1-8,21,26H,(H2,20,27)(H,22,24)(H,23,28). The fourth-order valence-electron chi connectivity index (χ4n) is 2.88. The van der Waals surface area contributed by atoms with E-state index < -0.39 is 16.7 Å². The normalized spacial score (nSPS) is 10.7. The number of benzene rings is 2. The SMILES string of the molecule is NC(=O)c1cc(-c2csc(NNC(=O)c3cc4ccc([N+](=O)[O-])cc4[nH]3)n2)ccc1O. The molecule has 0 unspecified atom stereocenters. The molecule has 2 heterocycles. The van der Waals surface area contributed by atoms with Crippen molar-refractivity contribution in [1.29, 1.82) is 0 Å². The third-order valence-electron chi connectivity index (χ3n) is 4.41. The quantitative estimate of drug-likeness (QED) is 0.227. The summed E-state index contributed by atoms with van der Waals surface area (Å²) in [5.74, 6) is -1.47. The fourth-order valence-corrected chi connectivity index (χ4v) is 3.56. The highest BCUT2D eigenvalue weighted by atomic mass is 32.1. The molecule has 0 radical (unpaired) electrons. The van der Waals surface area contributed by atoms with Gasteiger partial charge in [-0.2, -0.15) is 0 Å². The van der Waals surface area contributed by atoms with Gasteiger partial charge in [-0.1, -0.05) is 0 Å². The summed E-state index contributed by atoms with van der Waals surface area (Å²) in [4.78, 5) is 41.3. The van der Waals surface area contributed by atoms with Crippen molar-refractivity contribution in [2.24, 2.45) is 5.73 Å². The Labute approximate surface area is 177 Å². The molecule has 0 bridgehead atoms. The van der Waals surface area contributed by atoms with Gasteiger partial charge in [-0.05, 0) is 30.3 Å². The molecule has 0 saturated heterocycles. The van der Waals surface area contributed by atoms with Gasteiger partial charge in [0.25, 0.3) is 17.5 Å². The number of hydrogen-bond donors (Lipinski definition) is 5. The molecule has 31 heavy (non-hydrogen) atoms. The number of aromatic amines is 1. The number of anilines is 1. The lowest BCUT2D eigenvalue weighted by Gasteiger charge is -2.04. The molecule has 2 amide bonds. The van der Waals surface area contributed by atoms with E-state index in [9.17, 15) is 24.8 Å². The van der Waals surface area contributed by atoms with Crippen molar-refractivity contribution >= 4 is 44.9 Å². The number of carbonyl (C=O) groups excluding carboxylic acids is 2. The molecule has 0 saturated carbocycles. The Bertz CT molecular complexity index is 1340. The Balaban J connectivity index is 1.47. The van der Waals surface area contributed by atoms with Crippen LogP contribution < -0.4 is 16.6 Å². The topological polar surface area (TPSA) is 176 Å². The number of primary amides is 1. The number of phenols is 1. The fraction of sp³-hybridized carbons (Fsp3) is 0. The van der Waals surface area contributed by atoms with Gasteiger partial charge in [0.05, 0.1) is 21.7 Å². The van der Waals surface area contributed by atoms with Crippen LogP contribution in [0.2, 0.25) is 0 Å². The van der Waals surface area contributed by atoms with Crippen LogP contribution in [0.3, 0.4) is 0 Å². The average Bonchev–Trinajstić information content (AvgIpc) is 3.38. The van der Waals surface area contributed by atoms with Crippen LogP contribution in [0.4, 0.5) is 10.8 Å². The first-order chi connectivity index (χ1) is 14.8. The molecule has 2 aromatic heterocycles. The number of nitro groups is 1. The first-order valence-electron chi connectivity index (χ1n) is 8.74. The second kappa shape index (κ2) is 7.76. The number of aromatic nitrogens is 2. The highest BCUT2D eigenvalue weighted by molar-refractivity contribution is 7.14. The number of nitrogens with zero attached hydrogens (tertiary/aromatic N) is 2. The van der Waals surface area contributed by atoms with Crippen molar-refractivity contribution in [2.75, 3.05) is 5.43 Å². The number of hydrazine groups is 1. The molecule has 0 aliphatic heterocycles. The minimum Gasteiger partial charge on any atom is -0.507 e. The van der Waals surface area contributed by atoms with Crippen LogP contribution in [0.1, 0.15) is 20.8 Å². The minimum absolute atomic E-state index is 0.0210. The summed E-state index contributed by atoms with van der Waals surface area (Å²) in [6.45, 7) is 0. The van der Waals surface area contributed by atoms with Crippen LogP contribution in [0.25, 0.3) is 22.2 Å². The van der Waals surface area contributed by atoms with Crippen molar-refractivity contribution in [3.63, 3.8) is 0 Å². The number of H-pyrrole nitrogens is 1. The summed E-state index contributed by atoms with van der Waals surface area (Å²) in [5.41, 5.74) is 12.1. The maximum Gasteiger partial charge on any atom is 0.286 e. The van der Waals surface area contributed by atoms with Crippen molar-refractivity contribution in [3.8, 4) is 17.0 Å². The maximum atomic E-state index is 12.4. The van der Waals surface area contributed by atoms with Crippen LogP contribution in [0.15, 0.2) is 47.8 Å². The van der Waals surface area contributed by atoms with E-state index in [4.69, 9.17) is 5.73 Å². The second-order valence-electron chi connectivity index (χ2n) is 6.42. The van der Waals surface area contributed by atoms with Gasteiger partial charge < -0.3 is 15.8 Å². The van der Waals surface area contributed by atoms with Crippen LogP contribution in [-0.2, 0) is 0 Å². The first-order valence-corrected chi connectivity index (χ1v) is 9.62. The van der Waals surface area contributed by atoms with Crippen LogP contribution in [0, 0.1) is 10.1 Å². The highest BCUT2D eigenvalue weighted by Crippen LogP contribution is 2.28. The number of nitrogens with one attached hydrogen (secondary N) is 3. The average molecular weight is 438 g/mol. The van der Waals surface area contributed by atoms with Gasteiger partial charge in [0, 0.05) is 28.5 Å². The maximum absolute atomic E-state index is 12.4. The third kappa shape index (κ3) is 4.00. The first kappa shape index (κ1) is 19.8. The van der Waals surface area contributed by atoms with Crippen molar-refractivity contribution in [2.45, 2.75) is 0 Å². The molecule has 4 aromatic rings.